The highest BCUT2D eigenvalue weighted by Gasteiger charge is 2.22. The summed E-state index contributed by atoms with van der Waals surface area (Å²) in [6.07, 6.45) is 4.55. The monoisotopic (exact) mass is 302 g/mol. The maximum Gasteiger partial charge on any atom is 0.126 e. The van der Waals surface area contributed by atoms with E-state index in [1.807, 2.05) is 30.4 Å². The second kappa shape index (κ2) is 6.12. The van der Waals surface area contributed by atoms with Crippen LogP contribution in [0.3, 0.4) is 0 Å². The van der Waals surface area contributed by atoms with Gasteiger partial charge in [-0.15, -0.1) is 0 Å². The minimum absolute atomic E-state index is 0.517. The molecule has 0 aliphatic carbocycles. The van der Waals surface area contributed by atoms with E-state index in [1.165, 1.54) is 24.2 Å². The Morgan fingerprint density at radius 2 is 2.09 bits per heavy atom. The van der Waals surface area contributed by atoms with Crippen molar-refractivity contribution in [3.63, 3.8) is 0 Å². The Kier molecular flexibility index (Phi) is 4.20. The van der Waals surface area contributed by atoms with Crippen LogP contribution in [0.5, 0.6) is 0 Å². The van der Waals surface area contributed by atoms with E-state index < -0.39 is 0 Å². The number of rotatable bonds is 4. The van der Waals surface area contributed by atoms with Gasteiger partial charge in [0.05, 0.1) is 11.4 Å². The Hall–Kier alpha value is -1.82. The van der Waals surface area contributed by atoms with Crippen LogP contribution in [0, 0.1) is 13.8 Å². The zero-order valence-corrected chi connectivity index (χ0v) is 14.0. The van der Waals surface area contributed by atoms with Crippen LogP contribution in [-0.4, -0.2) is 38.7 Å². The van der Waals surface area contributed by atoms with Crippen LogP contribution in [0.2, 0.25) is 0 Å². The van der Waals surface area contributed by atoms with E-state index in [-0.39, 0.29) is 0 Å². The average Bonchev–Trinajstić information content (AvgIpc) is 2.98. The van der Waals surface area contributed by atoms with Gasteiger partial charge in [-0.1, -0.05) is 0 Å². The summed E-state index contributed by atoms with van der Waals surface area (Å²) in [6.45, 7) is 7.17. The third-order valence-corrected chi connectivity index (χ3v) is 4.42. The first-order valence-corrected chi connectivity index (χ1v) is 8.01. The number of aryl methyl sites for hydroxylation is 4. The predicted octanol–water partition coefficient (Wildman–Crippen LogP) is 1.53. The fourth-order valence-corrected chi connectivity index (χ4v) is 3.32. The molecule has 0 radical (unpaired) electrons. The van der Waals surface area contributed by atoms with E-state index in [2.05, 4.69) is 39.6 Å². The standard InChI is InChI=1S/C16H26N6/c1-12-8-16(21(4)18-12)22-7-5-6-15(11-22)17-9-14-10-20(3)19-13(14)2/h8,10,15,17H,5-7,9,11H2,1-4H3. The van der Waals surface area contributed by atoms with Crippen LogP contribution in [0.25, 0.3) is 0 Å². The number of aromatic nitrogens is 4. The molecule has 0 spiro atoms. The van der Waals surface area contributed by atoms with Gasteiger partial charge in [0.1, 0.15) is 5.82 Å². The molecular weight excluding hydrogens is 276 g/mol. The summed E-state index contributed by atoms with van der Waals surface area (Å²) in [5, 5.41) is 12.6. The Labute approximate surface area is 132 Å². The molecule has 0 aromatic carbocycles. The first-order valence-electron chi connectivity index (χ1n) is 8.01. The molecule has 22 heavy (non-hydrogen) atoms. The number of nitrogens with one attached hydrogen (secondary N) is 1. The molecule has 0 saturated carbocycles. The number of piperidine rings is 1. The molecular formula is C16H26N6. The number of hydrogen-bond donors (Lipinski definition) is 1. The van der Waals surface area contributed by atoms with E-state index in [0.717, 1.165) is 31.0 Å². The highest BCUT2D eigenvalue weighted by atomic mass is 15.4. The van der Waals surface area contributed by atoms with Gasteiger partial charge < -0.3 is 10.2 Å². The first kappa shape index (κ1) is 15.1. The normalized spacial score (nSPS) is 18.9. The summed E-state index contributed by atoms with van der Waals surface area (Å²) in [7, 11) is 4.00. The van der Waals surface area contributed by atoms with Gasteiger partial charge in [0.25, 0.3) is 0 Å². The zero-order chi connectivity index (χ0) is 15.7. The smallest absolute Gasteiger partial charge is 0.126 e. The van der Waals surface area contributed by atoms with Gasteiger partial charge in [0.15, 0.2) is 0 Å². The van der Waals surface area contributed by atoms with E-state index in [0.29, 0.717) is 6.04 Å². The van der Waals surface area contributed by atoms with Gasteiger partial charge in [-0.2, -0.15) is 10.2 Å². The van der Waals surface area contributed by atoms with Crippen LogP contribution in [-0.2, 0) is 20.6 Å². The lowest BCUT2D eigenvalue weighted by Crippen LogP contribution is -2.46. The van der Waals surface area contributed by atoms with E-state index in [9.17, 15) is 0 Å². The lowest BCUT2D eigenvalue weighted by molar-refractivity contribution is 0.417. The van der Waals surface area contributed by atoms with Crippen LogP contribution >= 0.6 is 0 Å². The molecule has 1 fully saturated rings. The molecule has 1 aliphatic heterocycles. The molecule has 1 saturated heterocycles. The first-order chi connectivity index (χ1) is 10.5. The van der Waals surface area contributed by atoms with Crippen LogP contribution in [0.1, 0.15) is 29.8 Å². The fraction of sp³-hybridized carbons (Fsp3) is 0.625. The minimum Gasteiger partial charge on any atom is -0.355 e. The van der Waals surface area contributed by atoms with Crippen LogP contribution < -0.4 is 10.2 Å². The molecule has 2 aromatic heterocycles. The summed E-state index contributed by atoms with van der Waals surface area (Å²) in [5.74, 6) is 1.22. The Balaban J connectivity index is 1.61. The second-order valence-electron chi connectivity index (χ2n) is 6.35. The van der Waals surface area contributed by atoms with Crippen molar-refractivity contribution in [3.8, 4) is 0 Å². The topological polar surface area (TPSA) is 50.9 Å². The van der Waals surface area contributed by atoms with Crippen molar-refractivity contribution in [2.75, 3.05) is 18.0 Å². The van der Waals surface area contributed by atoms with Crippen molar-refractivity contribution in [1.82, 2.24) is 24.9 Å². The molecule has 6 heteroatoms. The second-order valence-corrected chi connectivity index (χ2v) is 6.35. The van der Waals surface area contributed by atoms with Gasteiger partial charge in [0.2, 0.25) is 0 Å². The molecule has 1 atom stereocenters. The molecule has 120 valence electrons. The molecule has 1 aliphatic rings. The third-order valence-electron chi connectivity index (χ3n) is 4.42. The third kappa shape index (κ3) is 3.16. The zero-order valence-electron chi connectivity index (χ0n) is 14.0. The van der Waals surface area contributed by atoms with E-state index >= 15 is 0 Å². The molecule has 6 nitrogen and oxygen atoms in total. The van der Waals surface area contributed by atoms with Crippen molar-refractivity contribution in [2.45, 2.75) is 39.3 Å². The van der Waals surface area contributed by atoms with Gasteiger partial charge in [-0.05, 0) is 26.7 Å². The maximum absolute atomic E-state index is 4.46. The SMILES string of the molecule is Cc1cc(N2CCCC(NCc3cn(C)nc3C)C2)n(C)n1. The van der Waals surface area contributed by atoms with Crippen molar-refractivity contribution in [2.24, 2.45) is 14.1 Å². The number of hydrogen-bond acceptors (Lipinski definition) is 4. The van der Waals surface area contributed by atoms with Crippen LogP contribution in [0.4, 0.5) is 5.82 Å². The van der Waals surface area contributed by atoms with Crippen molar-refractivity contribution < 1.29 is 0 Å². The highest BCUT2D eigenvalue weighted by molar-refractivity contribution is 5.41. The fourth-order valence-electron chi connectivity index (χ4n) is 3.32. The lowest BCUT2D eigenvalue weighted by Gasteiger charge is -2.34. The minimum atomic E-state index is 0.517. The van der Waals surface area contributed by atoms with Gasteiger partial charge >= 0.3 is 0 Å². The highest BCUT2D eigenvalue weighted by Crippen LogP contribution is 2.20. The summed E-state index contributed by atoms with van der Waals surface area (Å²) in [5.41, 5.74) is 3.49. The van der Waals surface area contributed by atoms with Gasteiger partial charge in [-0.25, -0.2) is 0 Å². The number of nitrogens with zero attached hydrogens (tertiary/aromatic N) is 5. The lowest BCUT2D eigenvalue weighted by atomic mass is 10.1. The quantitative estimate of drug-likeness (QED) is 0.930. The molecule has 0 bridgehead atoms. The van der Waals surface area contributed by atoms with Crippen LogP contribution in [0.15, 0.2) is 12.3 Å². The van der Waals surface area contributed by atoms with E-state index in [4.69, 9.17) is 0 Å². The van der Waals surface area contributed by atoms with Crippen molar-refractivity contribution >= 4 is 5.82 Å². The molecule has 0 amide bonds. The predicted molar refractivity (Wildman–Crippen MR) is 88.0 cm³/mol. The summed E-state index contributed by atoms with van der Waals surface area (Å²) in [4.78, 5) is 2.44. The van der Waals surface area contributed by atoms with Crippen molar-refractivity contribution in [1.29, 1.82) is 0 Å². The largest absolute Gasteiger partial charge is 0.355 e. The maximum atomic E-state index is 4.46. The molecule has 3 rings (SSSR count). The van der Waals surface area contributed by atoms with Crippen molar-refractivity contribution in [3.05, 3.63) is 29.2 Å². The molecule has 2 aromatic rings. The number of anilines is 1. The Bertz CT molecular complexity index is 641. The molecule has 3 heterocycles. The summed E-state index contributed by atoms with van der Waals surface area (Å²) in [6, 6.07) is 2.69. The Morgan fingerprint density at radius 1 is 1.27 bits per heavy atom. The Morgan fingerprint density at radius 3 is 2.73 bits per heavy atom. The van der Waals surface area contributed by atoms with Gasteiger partial charge in [0, 0.05) is 57.6 Å². The summed E-state index contributed by atoms with van der Waals surface area (Å²) >= 11 is 0. The molecule has 1 unspecified atom stereocenters. The summed E-state index contributed by atoms with van der Waals surface area (Å²) < 4.78 is 3.88. The average molecular weight is 302 g/mol. The van der Waals surface area contributed by atoms with Gasteiger partial charge in [-0.3, -0.25) is 9.36 Å². The molecule has 1 N–H and O–H groups in total. The van der Waals surface area contributed by atoms with E-state index in [1.54, 1.807) is 0 Å².